The van der Waals surface area contributed by atoms with Crippen LogP contribution < -0.4 is 10.9 Å². The molecule has 1 aromatic rings. The Bertz CT molecular complexity index is 368. The van der Waals surface area contributed by atoms with Gasteiger partial charge in [0.2, 0.25) is 0 Å². The van der Waals surface area contributed by atoms with E-state index in [1.807, 2.05) is 26.0 Å². The van der Waals surface area contributed by atoms with Gasteiger partial charge in [0.15, 0.2) is 0 Å². The Morgan fingerprint density at radius 1 is 1.31 bits per heavy atom. The van der Waals surface area contributed by atoms with Crippen LogP contribution in [0.5, 0.6) is 0 Å². The van der Waals surface area contributed by atoms with Gasteiger partial charge >= 0.3 is 0 Å². The molecular weight excluding hydrogens is 202 g/mol. The predicted octanol–water partition coefficient (Wildman–Crippen LogP) is 1.38. The van der Waals surface area contributed by atoms with E-state index in [1.165, 1.54) is 0 Å². The lowest BCUT2D eigenvalue weighted by Crippen LogP contribution is -2.35. The van der Waals surface area contributed by atoms with Gasteiger partial charge in [0.25, 0.3) is 0 Å². The number of rotatable bonds is 4. The summed E-state index contributed by atoms with van der Waals surface area (Å²) in [4.78, 5) is 15.0. The number of hydrogen-bond donors (Lipinski definition) is 2. The van der Waals surface area contributed by atoms with E-state index in [0.717, 1.165) is 17.7 Å². The van der Waals surface area contributed by atoms with E-state index in [9.17, 15) is 4.79 Å². The maximum Gasteiger partial charge on any atom is 0.150 e. The Labute approximate surface area is 95.7 Å². The largest absolute Gasteiger partial charge is 0.306 e. The lowest BCUT2D eigenvalue weighted by molar-refractivity contribution is 0.112. The Morgan fingerprint density at radius 2 is 1.94 bits per heavy atom. The highest BCUT2D eigenvalue weighted by atomic mass is 16.1. The van der Waals surface area contributed by atoms with E-state index in [2.05, 4.69) is 15.8 Å². The third kappa shape index (κ3) is 3.47. The zero-order valence-corrected chi connectivity index (χ0v) is 9.82. The van der Waals surface area contributed by atoms with Gasteiger partial charge in [0.05, 0.1) is 0 Å². The SMILES string of the molecule is CNNC(=NC(C)C)c1ccc(C=O)cc1. The molecule has 0 aliphatic rings. The molecule has 0 saturated heterocycles. The summed E-state index contributed by atoms with van der Waals surface area (Å²) in [5.74, 6) is 0.773. The Balaban J connectivity index is 2.96. The minimum atomic E-state index is 0.210. The van der Waals surface area contributed by atoms with Crippen LogP contribution in [0.3, 0.4) is 0 Å². The summed E-state index contributed by atoms with van der Waals surface area (Å²) in [6, 6.07) is 7.50. The number of carbonyl (C=O) groups excluding carboxylic acids is 1. The third-order valence-electron chi connectivity index (χ3n) is 1.95. The molecule has 4 nitrogen and oxygen atoms in total. The monoisotopic (exact) mass is 219 g/mol. The van der Waals surface area contributed by atoms with E-state index >= 15 is 0 Å². The molecule has 0 aromatic heterocycles. The van der Waals surface area contributed by atoms with Crippen LogP contribution in [0.2, 0.25) is 0 Å². The zero-order valence-electron chi connectivity index (χ0n) is 9.82. The Morgan fingerprint density at radius 3 is 2.38 bits per heavy atom. The molecule has 0 unspecified atom stereocenters. The van der Waals surface area contributed by atoms with Crippen molar-refractivity contribution in [2.24, 2.45) is 4.99 Å². The van der Waals surface area contributed by atoms with Gasteiger partial charge in [-0.1, -0.05) is 24.3 Å². The highest BCUT2D eigenvalue weighted by Crippen LogP contribution is 2.04. The van der Waals surface area contributed by atoms with Crippen LogP contribution in [0.15, 0.2) is 29.3 Å². The molecule has 1 aromatic carbocycles. The fourth-order valence-corrected chi connectivity index (χ4v) is 1.28. The molecular formula is C12H17N3O. The molecule has 0 aliphatic carbocycles. The van der Waals surface area contributed by atoms with Crippen LogP contribution >= 0.6 is 0 Å². The summed E-state index contributed by atoms with van der Waals surface area (Å²) in [6.07, 6.45) is 0.828. The van der Waals surface area contributed by atoms with Gasteiger partial charge in [-0.05, 0) is 13.8 Å². The molecule has 86 valence electrons. The number of carbonyl (C=O) groups is 1. The number of benzene rings is 1. The first-order chi connectivity index (χ1) is 7.67. The molecule has 0 fully saturated rings. The number of hydrazine groups is 1. The highest BCUT2D eigenvalue weighted by molar-refractivity contribution is 5.99. The second-order valence-electron chi connectivity index (χ2n) is 3.69. The summed E-state index contributed by atoms with van der Waals surface area (Å²) in [6.45, 7) is 4.02. The second kappa shape index (κ2) is 6.02. The number of aliphatic imine (C=N–C) groups is 1. The number of aldehydes is 1. The molecule has 16 heavy (non-hydrogen) atoms. The van der Waals surface area contributed by atoms with E-state index in [0.29, 0.717) is 5.56 Å². The number of nitrogens with one attached hydrogen (secondary N) is 2. The lowest BCUT2D eigenvalue weighted by atomic mass is 10.1. The summed E-state index contributed by atoms with van der Waals surface area (Å²) in [5, 5.41) is 0. The molecule has 0 radical (unpaired) electrons. The summed E-state index contributed by atoms with van der Waals surface area (Å²) in [5.41, 5.74) is 7.45. The number of nitrogens with zero attached hydrogens (tertiary/aromatic N) is 1. The minimum absolute atomic E-state index is 0.210. The van der Waals surface area contributed by atoms with Crippen LogP contribution in [0, 0.1) is 0 Å². The smallest absolute Gasteiger partial charge is 0.150 e. The maximum atomic E-state index is 10.5. The first kappa shape index (κ1) is 12.4. The van der Waals surface area contributed by atoms with E-state index in [4.69, 9.17) is 0 Å². The minimum Gasteiger partial charge on any atom is -0.306 e. The van der Waals surface area contributed by atoms with Gasteiger partial charge in [-0.15, -0.1) is 0 Å². The fourth-order valence-electron chi connectivity index (χ4n) is 1.28. The first-order valence-electron chi connectivity index (χ1n) is 5.23. The average molecular weight is 219 g/mol. The van der Waals surface area contributed by atoms with Gasteiger partial charge in [0, 0.05) is 24.2 Å². The maximum absolute atomic E-state index is 10.5. The van der Waals surface area contributed by atoms with Crippen molar-refractivity contribution >= 4 is 12.1 Å². The first-order valence-corrected chi connectivity index (χ1v) is 5.23. The molecule has 0 bridgehead atoms. The summed E-state index contributed by atoms with van der Waals surface area (Å²) in [7, 11) is 1.79. The van der Waals surface area contributed by atoms with E-state index < -0.39 is 0 Å². The van der Waals surface area contributed by atoms with Crippen molar-refractivity contribution in [3.05, 3.63) is 35.4 Å². The van der Waals surface area contributed by atoms with Gasteiger partial charge in [-0.2, -0.15) is 0 Å². The number of hydrogen-bond acceptors (Lipinski definition) is 3. The van der Waals surface area contributed by atoms with Crippen molar-refractivity contribution in [2.45, 2.75) is 19.9 Å². The number of amidine groups is 1. The molecule has 0 aliphatic heterocycles. The molecule has 0 amide bonds. The van der Waals surface area contributed by atoms with Crippen LogP contribution in [0.4, 0.5) is 0 Å². The predicted molar refractivity (Wildman–Crippen MR) is 65.7 cm³/mol. The molecule has 0 saturated carbocycles. The lowest BCUT2D eigenvalue weighted by Gasteiger charge is -2.10. The molecule has 4 heteroatoms. The van der Waals surface area contributed by atoms with Gasteiger partial charge in [0.1, 0.15) is 12.1 Å². The Kier molecular flexibility index (Phi) is 4.66. The molecule has 0 spiro atoms. The van der Waals surface area contributed by atoms with Crippen LogP contribution in [-0.4, -0.2) is 25.2 Å². The standard InChI is InChI=1S/C12H17N3O/c1-9(2)14-12(15-13-3)11-6-4-10(8-16)5-7-11/h4-9,13H,1-3H3,(H,14,15). The zero-order chi connectivity index (χ0) is 12.0. The van der Waals surface area contributed by atoms with Crippen molar-refractivity contribution < 1.29 is 4.79 Å². The van der Waals surface area contributed by atoms with Crippen LogP contribution in [0.25, 0.3) is 0 Å². The van der Waals surface area contributed by atoms with Gasteiger partial charge < -0.3 is 5.43 Å². The molecule has 2 N–H and O–H groups in total. The average Bonchev–Trinajstić information content (AvgIpc) is 2.28. The normalized spacial score (nSPS) is 11.6. The van der Waals surface area contributed by atoms with Gasteiger partial charge in [-0.25, -0.2) is 5.43 Å². The summed E-state index contributed by atoms with van der Waals surface area (Å²) >= 11 is 0. The van der Waals surface area contributed by atoms with Crippen molar-refractivity contribution in [1.29, 1.82) is 0 Å². The summed E-state index contributed by atoms with van der Waals surface area (Å²) < 4.78 is 0. The molecule has 0 atom stereocenters. The van der Waals surface area contributed by atoms with Crippen LogP contribution in [-0.2, 0) is 0 Å². The van der Waals surface area contributed by atoms with Crippen molar-refractivity contribution in [1.82, 2.24) is 10.9 Å². The topological polar surface area (TPSA) is 53.5 Å². The fraction of sp³-hybridized carbons (Fsp3) is 0.333. The van der Waals surface area contributed by atoms with Crippen molar-refractivity contribution in [3.8, 4) is 0 Å². The van der Waals surface area contributed by atoms with E-state index in [-0.39, 0.29) is 6.04 Å². The highest BCUT2D eigenvalue weighted by Gasteiger charge is 2.03. The quantitative estimate of drug-likeness (QED) is 0.348. The van der Waals surface area contributed by atoms with Gasteiger partial charge in [-0.3, -0.25) is 9.79 Å². The van der Waals surface area contributed by atoms with E-state index in [1.54, 1.807) is 19.2 Å². The molecule has 0 heterocycles. The second-order valence-corrected chi connectivity index (χ2v) is 3.69. The Hall–Kier alpha value is -1.68. The van der Waals surface area contributed by atoms with Crippen LogP contribution in [0.1, 0.15) is 29.8 Å². The van der Waals surface area contributed by atoms with Crippen molar-refractivity contribution in [2.75, 3.05) is 7.05 Å². The molecule has 1 rings (SSSR count). The third-order valence-corrected chi connectivity index (χ3v) is 1.95. The van der Waals surface area contributed by atoms with Crippen molar-refractivity contribution in [3.63, 3.8) is 0 Å².